The molecule has 1 atom stereocenters. The van der Waals surface area contributed by atoms with Gasteiger partial charge in [0.15, 0.2) is 0 Å². The lowest BCUT2D eigenvalue weighted by Gasteiger charge is -2.18. The molecule has 1 saturated heterocycles. The standard InChI is InChI=1S/C22H20ClN3O2S/c1-13-4-8-16(9-5-13)26-21(28)19(11-15-7-6-14(2)18(23)10-15)29-22(26)17(12-24)20(27)25-3/h4-10,19H,11H2,1-3H3,(H,25,27)/b22-17+. The lowest BCUT2D eigenvalue weighted by Crippen LogP contribution is -2.31. The number of likely N-dealkylation sites (N-methyl/N-ethyl adjacent to an activating group) is 1. The molecule has 1 N–H and O–H groups in total. The number of hydrogen-bond acceptors (Lipinski definition) is 4. The van der Waals surface area contributed by atoms with Crippen molar-refractivity contribution in [3.63, 3.8) is 0 Å². The fraction of sp³-hybridized carbons (Fsp3) is 0.227. The molecule has 2 amide bonds. The fourth-order valence-corrected chi connectivity index (χ4v) is 4.53. The second-order valence-corrected chi connectivity index (χ2v) is 8.37. The summed E-state index contributed by atoms with van der Waals surface area (Å²) in [5, 5.41) is 12.6. The molecule has 0 saturated carbocycles. The molecule has 0 bridgehead atoms. The van der Waals surface area contributed by atoms with Gasteiger partial charge in [-0.2, -0.15) is 5.26 Å². The number of nitrogens with one attached hydrogen (secondary N) is 1. The van der Waals surface area contributed by atoms with E-state index in [1.807, 2.05) is 62.4 Å². The summed E-state index contributed by atoms with van der Waals surface area (Å²) in [5.41, 5.74) is 3.50. The third-order valence-corrected chi connectivity index (χ3v) is 6.35. The van der Waals surface area contributed by atoms with Crippen molar-refractivity contribution in [2.45, 2.75) is 25.5 Å². The molecule has 1 aliphatic heterocycles. The third-order valence-electron chi connectivity index (χ3n) is 4.68. The van der Waals surface area contributed by atoms with E-state index in [1.54, 1.807) is 0 Å². The van der Waals surface area contributed by atoms with Crippen molar-refractivity contribution in [1.82, 2.24) is 5.32 Å². The van der Waals surface area contributed by atoms with Gasteiger partial charge in [-0.15, -0.1) is 0 Å². The number of anilines is 1. The number of carbonyl (C=O) groups is 2. The number of hydrogen-bond donors (Lipinski definition) is 1. The molecule has 1 fully saturated rings. The monoisotopic (exact) mass is 425 g/mol. The Morgan fingerprint density at radius 1 is 1.24 bits per heavy atom. The Balaban J connectivity index is 2.03. The van der Waals surface area contributed by atoms with E-state index in [0.717, 1.165) is 16.7 Å². The number of aryl methyl sites for hydroxylation is 2. The van der Waals surface area contributed by atoms with Gasteiger partial charge in [0.1, 0.15) is 16.7 Å². The molecule has 1 aliphatic rings. The van der Waals surface area contributed by atoms with E-state index in [9.17, 15) is 14.9 Å². The average molecular weight is 426 g/mol. The van der Waals surface area contributed by atoms with Gasteiger partial charge in [0, 0.05) is 17.8 Å². The van der Waals surface area contributed by atoms with Crippen LogP contribution in [0.2, 0.25) is 5.02 Å². The highest BCUT2D eigenvalue weighted by atomic mass is 35.5. The van der Waals surface area contributed by atoms with Crippen LogP contribution in [-0.2, 0) is 16.0 Å². The van der Waals surface area contributed by atoms with E-state index in [2.05, 4.69) is 5.32 Å². The quantitative estimate of drug-likeness (QED) is 0.590. The molecule has 0 spiro atoms. The summed E-state index contributed by atoms with van der Waals surface area (Å²) >= 11 is 7.47. The minimum atomic E-state index is -0.515. The first-order chi connectivity index (χ1) is 13.8. The first kappa shape index (κ1) is 21.0. The van der Waals surface area contributed by atoms with Gasteiger partial charge >= 0.3 is 0 Å². The van der Waals surface area contributed by atoms with Crippen LogP contribution in [-0.4, -0.2) is 24.1 Å². The van der Waals surface area contributed by atoms with Crippen LogP contribution in [0.15, 0.2) is 53.1 Å². The molecule has 1 unspecified atom stereocenters. The minimum Gasteiger partial charge on any atom is -0.354 e. The van der Waals surface area contributed by atoms with Crippen LogP contribution in [0.4, 0.5) is 5.69 Å². The highest BCUT2D eigenvalue weighted by molar-refractivity contribution is 8.05. The van der Waals surface area contributed by atoms with Crippen LogP contribution < -0.4 is 10.2 Å². The van der Waals surface area contributed by atoms with Crippen LogP contribution in [0.5, 0.6) is 0 Å². The maximum absolute atomic E-state index is 13.3. The minimum absolute atomic E-state index is 0.0733. The Morgan fingerprint density at radius 2 is 1.93 bits per heavy atom. The van der Waals surface area contributed by atoms with E-state index in [0.29, 0.717) is 22.2 Å². The molecule has 7 heteroatoms. The summed E-state index contributed by atoms with van der Waals surface area (Å²) in [6.07, 6.45) is 0.446. The number of amides is 2. The summed E-state index contributed by atoms with van der Waals surface area (Å²) in [7, 11) is 1.46. The molecule has 1 heterocycles. The first-order valence-corrected chi connectivity index (χ1v) is 10.3. The average Bonchev–Trinajstić information content (AvgIpc) is 3.01. The van der Waals surface area contributed by atoms with Gasteiger partial charge in [-0.1, -0.05) is 53.2 Å². The molecule has 0 aliphatic carbocycles. The first-order valence-electron chi connectivity index (χ1n) is 9.04. The second kappa shape index (κ2) is 8.73. The lowest BCUT2D eigenvalue weighted by atomic mass is 10.1. The van der Waals surface area contributed by atoms with Crippen LogP contribution >= 0.6 is 23.4 Å². The lowest BCUT2D eigenvalue weighted by molar-refractivity contribution is -0.117. The number of nitrogens with zero attached hydrogens (tertiary/aromatic N) is 2. The molecule has 3 rings (SSSR count). The van der Waals surface area contributed by atoms with Crippen LogP contribution in [0.25, 0.3) is 0 Å². The van der Waals surface area contributed by atoms with Crippen molar-refractivity contribution in [2.75, 3.05) is 11.9 Å². The van der Waals surface area contributed by atoms with E-state index in [4.69, 9.17) is 11.6 Å². The number of benzene rings is 2. The van der Waals surface area contributed by atoms with E-state index >= 15 is 0 Å². The molecule has 2 aromatic carbocycles. The number of carbonyl (C=O) groups excluding carboxylic acids is 2. The Hall–Kier alpha value is -2.75. The van der Waals surface area contributed by atoms with Crippen molar-refractivity contribution < 1.29 is 9.59 Å². The van der Waals surface area contributed by atoms with Gasteiger partial charge < -0.3 is 5.32 Å². The van der Waals surface area contributed by atoms with Gasteiger partial charge in [0.25, 0.3) is 5.91 Å². The molecule has 0 radical (unpaired) electrons. The van der Waals surface area contributed by atoms with E-state index in [1.165, 1.54) is 23.7 Å². The van der Waals surface area contributed by atoms with Crippen LogP contribution in [0, 0.1) is 25.2 Å². The maximum atomic E-state index is 13.3. The summed E-state index contributed by atoms with van der Waals surface area (Å²) in [6, 6.07) is 15.1. The largest absolute Gasteiger partial charge is 0.354 e. The molecule has 2 aromatic rings. The normalized spacial score (nSPS) is 17.8. The van der Waals surface area contributed by atoms with E-state index in [-0.39, 0.29) is 11.5 Å². The zero-order valence-corrected chi connectivity index (χ0v) is 17.9. The third kappa shape index (κ3) is 4.31. The second-order valence-electron chi connectivity index (χ2n) is 6.77. The van der Waals surface area contributed by atoms with Gasteiger partial charge in [-0.05, 0) is 49.6 Å². The summed E-state index contributed by atoms with van der Waals surface area (Å²) in [4.78, 5) is 27.0. The highest BCUT2D eigenvalue weighted by Gasteiger charge is 2.40. The van der Waals surface area contributed by atoms with Crippen molar-refractivity contribution in [1.29, 1.82) is 5.26 Å². The molecular formula is C22H20ClN3O2S. The summed E-state index contributed by atoms with van der Waals surface area (Å²) in [5.74, 6) is -0.679. The van der Waals surface area contributed by atoms with Crippen molar-refractivity contribution >= 4 is 40.9 Å². The van der Waals surface area contributed by atoms with Crippen molar-refractivity contribution in [2.24, 2.45) is 0 Å². The van der Waals surface area contributed by atoms with Crippen molar-refractivity contribution in [3.8, 4) is 6.07 Å². The predicted octanol–water partition coefficient (Wildman–Crippen LogP) is 4.13. The Kier molecular flexibility index (Phi) is 6.31. The number of rotatable bonds is 4. The number of thioether (sulfide) groups is 1. The Morgan fingerprint density at radius 3 is 2.52 bits per heavy atom. The van der Waals surface area contributed by atoms with E-state index < -0.39 is 11.2 Å². The molecular weight excluding hydrogens is 406 g/mol. The van der Waals surface area contributed by atoms with Gasteiger partial charge in [0.2, 0.25) is 5.91 Å². The van der Waals surface area contributed by atoms with Crippen molar-refractivity contribution in [3.05, 3.63) is 74.8 Å². The van der Waals surface area contributed by atoms with Gasteiger partial charge in [0.05, 0.1) is 5.25 Å². The number of halogens is 1. The SMILES string of the molecule is CNC(=O)/C(C#N)=C1/SC(Cc2ccc(C)c(Cl)c2)C(=O)N1c1ccc(C)cc1. The maximum Gasteiger partial charge on any atom is 0.264 e. The summed E-state index contributed by atoms with van der Waals surface area (Å²) < 4.78 is 0. The van der Waals surface area contributed by atoms with Crippen LogP contribution in [0.3, 0.4) is 0 Å². The van der Waals surface area contributed by atoms with Gasteiger partial charge in [-0.25, -0.2) is 0 Å². The Labute approximate surface area is 179 Å². The predicted molar refractivity (Wildman–Crippen MR) is 117 cm³/mol. The zero-order valence-electron chi connectivity index (χ0n) is 16.3. The molecule has 5 nitrogen and oxygen atoms in total. The smallest absolute Gasteiger partial charge is 0.264 e. The Bertz CT molecular complexity index is 1040. The molecule has 29 heavy (non-hydrogen) atoms. The zero-order chi connectivity index (χ0) is 21.1. The van der Waals surface area contributed by atoms with Crippen LogP contribution in [0.1, 0.15) is 16.7 Å². The van der Waals surface area contributed by atoms with Gasteiger partial charge in [-0.3, -0.25) is 14.5 Å². The topological polar surface area (TPSA) is 73.2 Å². The molecule has 148 valence electrons. The number of nitriles is 1. The fourth-order valence-electron chi connectivity index (χ4n) is 3.02. The highest BCUT2D eigenvalue weighted by Crippen LogP contribution is 2.42. The summed E-state index contributed by atoms with van der Waals surface area (Å²) in [6.45, 7) is 3.88. The molecule has 0 aromatic heterocycles.